The van der Waals surface area contributed by atoms with Gasteiger partial charge in [-0.2, -0.15) is 0 Å². The maximum Gasteiger partial charge on any atom is 0.263 e. The Morgan fingerprint density at radius 2 is 2.12 bits per heavy atom. The van der Waals surface area contributed by atoms with E-state index < -0.39 is 0 Å². The Balaban J connectivity index is 1.94. The van der Waals surface area contributed by atoms with Crippen molar-refractivity contribution in [3.05, 3.63) is 46.5 Å². The van der Waals surface area contributed by atoms with E-state index in [-0.39, 0.29) is 5.91 Å². The summed E-state index contributed by atoms with van der Waals surface area (Å²) in [5, 5.41) is 3.23. The zero-order valence-electron chi connectivity index (χ0n) is 9.43. The highest BCUT2D eigenvalue weighted by Crippen LogP contribution is 2.14. The summed E-state index contributed by atoms with van der Waals surface area (Å²) >= 11 is 1.19. The van der Waals surface area contributed by atoms with Gasteiger partial charge in [-0.3, -0.25) is 4.79 Å². The molecule has 0 aliphatic heterocycles. The standard InChI is InChI=1S/C12H13N3OS/c1-8-2-4-9(5-3-8)6-14-11(16)10-7-15-12(13)17-10/h2-5,7H,6H2,1H3,(H2,13,15)(H,14,16). The minimum absolute atomic E-state index is 0.139. The smallest absolute Gasteiger partial charge is 0.263 e. The van der Waals surface area contributed by atoms with Gasteiger partial charge in [-0.1, -0.05) is 41.2 Å². The van der Waals surface area contributed by atoms with Crippen molar-refractivity contribution in [2.75, 3.05) is 5.73 Å². The predicted octanol–water partition coefficient (Wildman–Crippen LogP) is 1.96. The number of nitrogens with two attached hydrogens (primary N) is 1. The van der Waals surface area contributed by atoms with Crippen LogP contribution in [0.5, 0.6) is 0 Å². The monoisotopic (exact) mass is 247 g/mol. The molecule has 1 heterocycles. The maximum atomic E-state index is 11.7. The maximum absolute atomic E-state index is 11.7. The van der Waals surface area contributed by atoms with Gasteiger partial charge in [-0.15, -0.1) is 0 Å². The van der Waals surface area contributed by atoms with Gasteiger partial charge in [0.05, 0.1) is 6.20 Å². The van der Waals surface area contributed by atoms with Crippen LogP contribution in [-0.4, -0.2) is 10.9 Å². The van der Waals surface area contributed by atoms with Crippen LogP contribution in [0.25, 0.3) is 0 Å². The first-order valence-corrected chi connectivity index (χ1v) is 6.02. The topological polar surface area (TPSA) is 68.0 Å². The molecule has 0 spiro atoms. The molecule has 1 aromatic carbocycles. The summed E-state index contributed by atoms with van der Waals surface area (Å²) in [6, 6.07) is 8.03. The van der Waals surface area contributed by atoms with Gasteiger partial charge >= 0.3 is 0 Å². The molecule has 0 unspecified atom stereocenters. The van der Waals surface area contributed by atoms with Gasteiger partial charge in [0, 0.05) is 6.54 Å². The molecule has 0 fully saturated rings. The first kappa shape index (κ1) is 11.6. The van der Waals surface area contributed by atoms with E-state index in [0.717, 1.165) is 5.56 Å². The summed E-state index contributed by atoms with van der Waals surface area (Å²) in [4.78, 5) is 16.1. The lowest BCUT2D eigenvalue weighted by atomic mass is 10.1. The number of rotatable bonds is 3. The molecule has 88 valence electrons. The largest absolute Gasteiger partial charge is 0.375 e. The van der Waals surface area contributed by atoms with Crippen LogP contribution in [-0.2, 0) is 6.54 Å². The molecule has 0 radical (unpaired) electrons. The van der Waals surface area contributed by atoms with E-state index >= 15 is 0 Å². The molecule has 0 atom stereocenters. The van der Waals surface area contributed by atoms with E-state index in [0.29, 0.717) is 16.6 Å². The molecule has 0 aliphatic carbocycles. The van der Waals surface area contributed by atoms with Crippen LogP contribution < -0.4 is 11.1 Å². The number of benzene rings is 1. The number of thiazole rings is 1. The lowest BCUT2D eigenvalue weighted by Crippen LogP contribution is -2.21. The average Bonchev–Trinajstić information content (AvgIpc) is 2.75. The van der Waals surface area contributed by atoms with Crippen molar-refractivity contribution in [2.24, 2.45) is 0 Å². The molecular formula is C12H13N3OS. The predicted molar refractivity (Wildman–Crippen MR) is 68.9 cm³/mol. The second-order valence-electron chi connectivity index (χ2n) is 3.73. The number of hydrogen-bond acceptors (Lipinski definition) is 4. The molecule has 0 bridgehead atoms. The minimum atomic E-state index is -0.139. The Labute approximate surface area is 103 Å². The van der Waals surface area contributed by atoms with E-state index in [2.05, 4.69) is 10.3 Å². The molecule has 4 nitrogen and oxygen atoms in total. The number of carbonyl (C=O) groups excluding carboxylic acids is 1. The summed E-state index contributed by atoms with van der Waals surface area (Å²) < 4.78 is 0. The average molecular weight is 247 g/mol. The van der Waals surface area contributed by atoms with Gasteiger partial charge in [0.2, 0.25) is 0 Å². The first-order chi connectivity index (χ1) is 8.15. The van der Waals surface area contributed by atoms with E-state index in [9.17, 15) is 4.79 Å². The number of aryl methyl sites for hydroxylation is 1. The SMILES string of the molecule is Cc1ccc(CNC(=O)c2cnc(N)s2)cc1. The van der Waals surface area contributed by atoms with Crippen LogP contribution in [0.2, 0.25) is 0 Å². The number of hydrogen-bond donors (Lipinski definition) is 2. The number of aromatic nitrogens is 1. The van der Waals surface area contributed by atoms with Crippen molar-refractivity contribution in [1.29, 1.82) is 0 Å². The summed E-state index contributed by atoms with van der Waals surface area (Å²) in [6.45, 7) is 2.54. The van der Waals surface area contributed by atoms with Crippen molar-refractivity contribution >= 4 is 22.4 Å². The highest BCUT2D eigenvalue weighted by molar-refractivity contribution is 7.17. The van der Waals surface area contributed by atoms with Crippen LogP contribution in [0.15, 0.2) is 30.5 Å². The Kier molecular flexibility index (Phi) is 3.39. The summed E-state index contributed by atoms with van der Waals surface area (Å²) in [5.41, 5.74) is 7.74. The number of nitrogen functional groups attached to an aromatic ring is 1. The number of nitrogens with one attached hydrogen (secondary N) is 1. The minimum Gasteiger partial charge on any atom is -0.375 e. The molecule has 0 aliphatic rings. The third-order valence-corrected chi connectivity index (χ3v) is 3.15. The van der Waals surface area contributed by atoms with Crippen molar-refractivity contribution in [3.8, 4) is 0 Å². The number of amides is 1. The molecule has 0 saturated heterocycles. The van der Waals surface area contributed by atoms with Crippen molar-refractivity contribution in [3.63, 3.8) is 0 Å². The first-order valence-electron chi connectivity index (χ1n) is 5.20. The Morgan fingerprint density at radius 1 is 1.41 bits per heavy atom. The summed E-state index contributed by atoms with van der Waals surface area (Å²) in [6.07, 6.45) is 1.49. The molecule has 2 aromatic rings. The molecular weight excluding hydrogens is 234 g/mol. The third kappa shape index (κ3) is 3.04. The molecule has 5 heteroatoms. The van der Waals surface area contributed by atoms with E-state index in [1.807, 2.05) is 31.2 Å². The lowest BCUT2D eigenvalue weighted by Gasteiger charge is -2.03. The zero-order valence-corrected chi connectivity index (χ0v) is 10.3. The fourth-order valence-corrected chi connectivity index (χ4v) is 1.97. The molecule has 1 aromatic heterocycles. The molecule has 0 saturated carbocycles. The van der Waals surface area contributed by atoms with Gasteiger partial charge in [0.15, 0.2) is 5.13 Å². The van der Waals surface area contributed by atoms with Gasteiger partial charge in [0.25, 0.3) is 5.91 Å². The van der Waals surface area contributed by atoms with E-state index in [1.165, 1.54) is 23.1 Å². The summed E-state index contributed by atoms with van der Waals surface area (Å²) in [5.74, 6) is -0.139. The lowest BCUT2D eigenvalue weighted by molar-refractivity contribution is 0.0955. The highest BCUT2D eigenvalue weighted by atomic mass is 32.1. The fraction of sp³-hybridized carbons (Fsp3) is 0.167. The normalized spacial score (nSPS) is 10.2. The van der Waals surface area contributed by atoms with Gasteiger partial charge < -0.3 is 11.1 Å². The highest BCUT2D eigenvalue weighted by Gasteiger charge is 2.08. The van der Waals surface area contributed by atoms with Gasteiger partial charge in [-0.05, 0) is 12.5 Å². The van der Waals surface area contributed by atoms with Gasteiger partial charge in [-0.25, -0.2) is 4.98 Å². The third-order valence-electron chi connectivity index (χ3n) is 2.32. The zero-order chi connectivity index (χ0) is 12.3. The second kappa shape index (κ2) is 4.97. The Bertz CT molecular complexity index is 519. The summed E-state index contributed by atoms with van der Waals surface area (Å²) in [7, 11) is 0. The van der Waals surface area contributed by atoms with E-state index in [1.54, 1.807) is 0 Å². The molecule has 3 N–H and O–H groups in total. The fourth-order valence-electron chi connectivity index (χ4n) is 1.37. The van der Waals surface area contributed by atoms with Gasteiger partial charge in [0.1, 0.15) is 4.88 Å². The van der Waals surface area contributed by atoms with Crippen molar-refractivity contribution < 1.29 is 4.79 Å². The van der Waals surface area contributed by atoms with Crippen molar-refractivity contribution in [2.45, 2.75) is 13.5 Å². The number of anilines is 1. The molecule has 17 heavy (non-hydrogen) atoms. The van der Waals surface area contributed by atoms with Crippen LogP contribution in [0.3, 0.4) is 0 Å². The van der Waals surface area contributed by atoms with Crippen LogP contribution in [0, 0.1) is 6.92 Å². The van der Waals surface area contributed by atoms with Crippen LogP contribution in [0.4, 0.5) is 5.13 Å². The molecule has 2 rings (SSSR count). The van der Waals surface area contributed by atoms with Crippen molar-refractivity contribution in [1.82, 2.24) is 10.3 Å². The second-order valence-corrected chi connectivity index (χ2v) is 4.79. The van der Waals surface area contributed by atoms with Crippen LogP contribution >= 0.6 is 11.3 Å². The quantitative estimate of drug-likeness (QED) is 0.871. The number of nitrogens with zero attached hydrogens (tertiary/aromatic N) is 1. The number of carbonyl (C=O) groups is 1. The van der Waals surface area contributed by atoms with E-state index in [4.69, 9.17) is 5.73 Å². The van der Waals surface area contributed by atoms with Crippen LogP contribution in [0.1, 0.15) is 20.8 Å². The Hall–Kier alpha value is -1.88. The molecule has 1 amide bonds. The Morgan fingerprint density at radius 3 is 2.71 bits per heavy atom.